The number of rotatable bonds is 2. The molecular weight excluding hydrogens is 364 g/mol. The van der Waals surface area contributed by atoms with Crippen molar-refractivity contribution in [3.05, 3.63) is 47.0 Å². The first kappa shape index (κ1) is 18.7. The zero-order chi connectivity index (χ0) is 17.4. The third kappa shape index (κ3) is 3.43. The van der Waals surface area contributed by atoms with Gasteiger partial charge in [0, 0.05) is 37.7 Å². The van der Waals surface area contributed by atoms with Gasteiger partial charge in [0.1, 0.15) is 11.6 Å². The third-order valence-electron chi connectivity index (χ3n) is 4.97. The molecule has 0 unspecified atom stereocenters. The highest BCUT2D eigenvalue weighted by atomic mass is 35.5. The maximum Gasteiger partial charge on any atom is 0.253 e. The zero-order valence-electron chi connectivity index (χ0n) is 14.1. The van der Waals surface area contributed by atoms with Gasteiger partial charge in [0.25, 0.3) is 5.91 Å². The van der Waals surface area contributed by atoms with Gasteiger partial charge in [-0.1, -0.05) is 0 Å². The number of carbonyl (C=O) groups excluding carboxylic acids is 1. The standard InChI is InChI=1S/C17H19F2N5O.ClH/c18-13-2-1-12(9-14(13)19)17(25)23-6-3-11(4-7-23)16-22-21-15-10-20-5-8-24(15)16;/h1-2,9,11,20H,3-8,10H2;1H. The molecule has 1 fully saturated rings. The summed E-state index contributed by atoms with van der Waals surface area (Å²) in [5.41, 5.74) is 0.184. The van der Waals surface area contributed by atoms with E-state index in [0.717, 1.165) is 56.3 Å². The highest BCUT2D eigenvalue weighted by Crippen LogP contribution is 2.28. The highest BCUT2D eigenvalue weighted by Gasteiger charge is 2.29. The van der Waals surface area contributed by atoms with Gasteiger partial charge in [-0.2, -0.15) is 0 Å². The van der Waals surface area contributed by atoms with Gasteiger partial charge in [0.2, 0.25) is 0 Å². The van der Waals surface area contributed by atoms with Gasteiger partial charge in [-0.15, -0.1) is 22.6 Å². The molecule has 1 aromatic heterocycles. The van der Waals surface area contributed by atoms with Gasteiger partial charge >= 0.3 is 0 Å². The molecule has 9 heteroatoms. The molecule has 0 spiro atoms. The maximum absolute atomic E-state index is 13.3. The fourth-order valence-corrected chi connectivity index (χ4v) is 3.57. The number of amides is 1. The first-order valence-electron chi connectivity index (χ1n) is 8.50. The normalized spacial score (nSPS) is 17.5. The predicted molar refractivity (Wildman–Crippen MR) is 93.2 cm³/mol. The molecule has 6 nitrogen and oxygen atoms in total. The Bertz CT molecular complexity index is 804. The maximum atomic E-state index is 13.3. The van der Waals surface area contributed by atoms with E-state index in [-0.39, 0.29) is 29.8 Å². The summed E-state index contributed by atoms with van der Waals surface area (Å²) < 4.78 is 28.6. The van der Waals surface area contributed by atoms with Crippen molar-refractivity contribution < 1.29 is 13.6 Å². The molecule has 1 saturated heterocycles. The average Bonchev–Trinajstić information content (AvgIpc) is 3.08. The number of piperidine rings is 1. The minimum atomic E-state index is -0.996. The van der Waals surface area contributed by atoms with E-state index in [1.54, 1.807) is 4.90 Å². The molecule has 1 amide bonds. The first-order valence-corrected chi connectivity index (χ1v) is 8.50. The van der Waals surface area contributed by atoms with Crippen molar-refractivity contribution >= 4 is 18.3 Å². The number of aromatic nitrogens is 3. The summed E-state index contributed by atoms with van der Waals surface area (Å²) in [4.78, 5) is 14.2. The van der Waals surface area contributed by atoms with Crippen molar-refractivity contribution in [1.82, 2.24) is 25.0 Å². The van der Waals surface area contributed by atoms with Crippen LogP contribution in [0.25, 0.3) is 0 Å². The van der Waals surface area contributed by atoms with Crippen molar-refractivity contribution in [2.24, 2.45) is 0 Å². The SMILES string of the molecule is Cl.O=C(c1ccc(F)c(F)c1)N1CCC(c2nnc3n2CCNC3)CC1. The topological polar surface area (TPSA) is 63.1 Å². The first-order chi connectivity index (χ1) is 12.1. The van der Waals surface area contributed by atoms with Gasteiger partial charge in [0.15, 0.2) is 11.6 Å². The number of nitrogens with one attached hydrogen (secondary N) is 1. The van der Waals surface area contributed by atoms with Crippen molar-refractivity contribution in [3.8, 4) is 0 Å². The molecule has 4 rings (SSSR count). The third-order valence-corrected chi connectivity index (χ3v) is 4.97. The summed E-state index contributed by atoms with van der Waals surface area (Å²) in [6, 6.07) is 3.28. The molecular formula is C17H20ClF2N5O. The summed E-state index contributed by atoms with van der Waals surface area (Å²) in [5.74, 6) is 0.0295. The molecule has 1 aromatic carbocycles. The van der Waals surface area contributed by atoms with Crippen LogP contribution in [-0.4, -0.2) is 45.2 Å². The van der Waals surface area contributed by atoms with Gasteiger partial charge < -0.3 is 14.8 Å². The molecule has 3 heterocycles. The fraction of sp³-hybridized carbons (Fsp3) is 0.471. The molecule has 0 aliphatic carbocycles. The van der Waals surface area contributed by atoms with Crippen LogP contribution in [0.1, 0.15) is 40.8 Å². The van der Waals surface area contributed by atoms with E-state index in [4.69, 9.17) is 0 Å². The van der Waals surface area contributed by atoms with Crippen LogP contribution in [0.2, 0.25) is 0 Å². The molecule has 0 bridgehead atoms. The molecule has 2 aliphatic rings. The molecule has 0 atom stereocenters. The molecule has 0 saturated carbocycles. The molecule has 26 heavy (non-hydrogen) atoms. The summed E-state index contributed by atoms with van der Waals surface area (Å²) in [6.07, 6.45) is 1.59. The lowest BCUT2D eigenvalue weighted by molar-refractivity contribution is 0.0709. The Kier molecular flexibility index (Phi) is 5.52. The van der Waals surface area contributed by atoms with Crippen LogP contribution in [0.15, 0.2) is 18.2 Å². The Balaban J connectivity index is 0.00000196. The Labute approximate surface area is 156 Å². The minimum absolute atomic E-state index is 0. The number of likely N-dealkylation sites (tertiary alicyclic amines) is 1. The van der Waals surface area contributed by atoms with Crippen molar-refractivity contribution in [2.75, 3.05) is 19.6 Å². The zero-order valence-corrected chi connectivity index (χ0v) is 14.9. The van der Waals surface area contributed by atoms with Gasteiger partial charge in [-0.25, -0.2) is 8.78 Å². The minimum Gasteiger partial charge on any atom is -0.339 e. The van der Waals surface area contributed by atoms with Crippen molar-refractivity contribution in [3.63, 3.8) is 0 Å². The monoisotopic (exact) mass is 383 g/mol. The Hall–Kier alpha value is -2.06. The van der Waals surface area contributed by atoms with E-state index in [1.165, 1.54) is 6.07 Å². The molecule has 2 aliphatic heterocycles. The van der Waals surface area contributed by atoms with Crippen LogP contribution in [0.3, 0.4) is 0 Å². The lowest BCUT2D eigenvalue weighted by atomic mass is 9.95. The molecule has 140 valence electrons. The number of fused-ring (bicyclic) bond motifs is 1. The lowest BCUT2D eigenvalue weighted by Crippen LogP contribution is -2.39. The second-order valence-corrected chi connectivity index (χ2v) is 6.50. The Morgan fingerprint density at radius 2 is 1.88 bits per heavy atom. The summed E-state index contributed by atoms with van der Waals surface area (Å²) in [6.45, 7) is 3.66. The van der Waals surface area contributed by atoms with Gasteiger partial charge in [0.05, 0.1) is 6.54 Å². The van der Waals surface area contributed by atoms with E-state index >= 15 is 0 Å². The van der Waals surface area contributed by atoms with Gasteiger partial charge in [-0.3, -0.25) is 4.79 Å². The van der Waals surface area contributed by atoms with Crippen LogP contribution in [-0.2, 0) is 13.1 Å². The highest BCUT2D eigenvalue weighted by molar-refractivity contribution is 5.94. The van der Waals surface area contributed by atoms with Crippen LogP contribution in [0.4, 0.5) is 8.78 Å². The summed E-state index contributed by atoms with van der Waals surface area (Å²) >= 11 is 0. The lowest BCUT2D eigenvalue weighted by Gasteiger charge is -2.32. The Morgan fingerprint density at radius 3 is 2.62 bits per heavy atom. The number of benzene rings is 1. The van der Waals surface area contributed by atoms with E-state index in [1.807, 2.05) is 0 Å². The number of carbonyl (C=O) groups is 1. The second-order valence-electron chi connectivity index (χ2n) is 6.50. The van der Waals surface area contributed by atoms with Crippen LogP contribution < -0.4 is 5.32 Å². The number of halogens is 3. The number of hydrogen-bond donors (Lipinski definition) is 1. The fourth-order valence-electron chi connectivity index (χ4n) is 3.57. The number of nitrogens with zero attached hydrogens (tertiary/aromatic N) is 4. The van der Waals surface area contributed by atoms with E-state index < -0.39 is 11.6 Å². The summed E-state index contributed by atoms with van der Waals surface area (Å²) in [7, 11) is 0. The van der Waals surface area contributed by atoms with Gasteiger partial charge in [-0.05, 0) is 31.0 Å². The molecule has 0 radical (unpaired) electrons. The average molecular weight is 384 g/mol. The van der Waals surface area contributed by atoms with E-state index in [2.05, 4.69) is 20.1 Å². The summed E-state index contributed by atoms with van der Waals surface area (Å²) in [5, 5.41) is 11.9. The van der Waals surface area contributed by atoms with Crippen LogP contribution in [0.5, 0.6) is 0 Å². The predicted octanol–water partition coefficient (Wildman–Crippen LogP) is 2.10. The van der Waals surface area contributed by atoms with Crippen molar-refractivity contribution in [1.29, 1.82) is 0 Å². The van der Waals surface area contributed by atoms with Crippen LogP contribution in [0, 0.1) is 11.6 Å². The number of hydrogen-bond acceptors (Lipinski definition) is 4. The second kappa shape index (κ2) is 7.67. The van der Waals surface area contributed by atoms with Crippen molar-refractivity contribution in [2.45, 2.75) is 31.8 Å². The van der Waals surface area contributed by atoms with Crippen LogP contribution >= 0.6 is 12.4 Å². The van der Waals surface area contributed by atoms with E-state index in [9.17, 15) is 13.6 Å². The van der Waals surface area contributed by atoms with E-state index in [0.29, 0.717) is 13.1 Å². The Morgan fingerprint density at radius 1 is 1.12 bits per heavy atom. The molecule has 2 aromatic rings. The molecule has 1 N–H and O–H groups in total. The smallest absolute Gasteiger partial charge is 0.253 e. The largest absolute Gasteiger partial charge is 0.339 e. The quantitative estimate of drug-likeness (QED) is 0.862.